The van der Waals surface area contributed by atoms with E-state index in [4.69, 9.17) is 35.4 Å². The van der Waals surface area contributed by atoms with Gasteiger partial charge in [0.25, 0.3) is 5.91 Å². The molecule has 1 heterocycles. The maximum atomic E-state index is 12.4. The molecular weight excluding hydrogens is 391 g/mol. The Kier molecular flexibility index (Phi) is 5.46. The Morgan fingerprint density at radius 3 is 2.62 bits per heavy atom. The molecule has 0 radical (unpaired) electrons. The van der Waals surface area contributed by atoms with Gasteiger partial charge < -0.3 is 5.32 Å². The summed E-state index contributed by atoms with van der Waals surface area (Å²) in [6.07, 6.45) is 0. The van der Waals surface area contributed by atoms with Gasteiger partial charge in [0.2, 0.25) is 0 Å². The third-order valence-corrected chi connectivity index (χ3v) is 5.09. The van der Waals surface area contributed by atoms with E-state index in [2.05, 4.69) is 15.5 Å². The number of nitrogens with zero attached hydrogens (tertiary/aromatic N) is 2. The minimum Gasteiger partial charge on any atom is -0.345 e. The third-order valence-electron chi connectivity index (χ3n) is 4.08. The molecule has 0 fully saturated rings. The van der Waals surface area contributed by atoms with Gasteiger partial charge in [-0.15, -0.1) is 0 Å². The molecule has 0 spiro atoms. The summed E-state index contributed by atoms with van der Waals surface area (Å²) in [7, 11) is 0. The monoisotopic (exact) mass is 406 g/mol. The minimum atomic E-state index is -0.178. The summed E-state index contributed by atoms with van der Waals surface area (Å²) in [5.41, 5.74) is 3.52. The Balaban J connectivity index is 1.83. The van der Waals surface area contributed by atoms with Crippen molar-refractivity contribution in [1.82, 2.24) is 20.1 Å². The predicted molar refractivity (Wildman–Crippen MR) is 106 cm³/mol. The normalized spacial score (nSPS) is 10.8. The first-order valence-corrected chi connectivity index (χ1v) is 9.00. The zero-order valence-electron chi connectivity index (χ0n) is 14.1. The maximum absolute atomic E-state index is 12.4. The molecular formula is C18H16Cl2N4OS. The summed E-state index contributed by atoms with van der Waals surface area (Å²) in [6.45, 7) is 4.19. The molecule has 1 amide bonds. The van der Waals surface area contributed by atoms with E-state index in [-0.39, 0.29) is 12.5 Å². The van der Waals surface area contributed by atoms with Crippen molar-refractivity contribution in [3.05, 3.63) is 73.7 Å². The van der Waals surface area contributed by atoms with Crippen LogP contribution in [0.15, 0.2) is 36.4 Å². The molecule has 2 N–H and O–H groups in total. The molecule has 0 saturated heterocycles. The molecule has 0 aliphatic rings. The first kappa shape index (κ1) is 18.6. The molecule has 0 atom stereocenters. The van der Waals surface area contributed by atoms with Crippen molar-refractivity contribution in [1.29, 1.82) is 0 Å². The van der Waals surface area contributed by atoms with Gasteiger partial charge in [0, 0.05) is 5.56 Å². The highest BCUT2D eigenvalue weighted by atomic mass is 35.5. The number of halogens is 2. The van der Waals surface area contributed by atoms with Crippen LogP contribution in [0.1, 0.15) is 27.3 Å². The second kappa shape index (κ2) is 7.61. The third kappa shape index (κ3) is 3.82. The van der Waals surface area contributed by atoms with Crippen LogP contribution in [0.3, 0.4) is 0 Å². The molecule has 2 aromatic carbocycles. The van der Waals surface area contributed by atoms with Crippen molar-refractivity contribution in [3.63, 3.8) is 0 Å². The van der Waals surface area contributed by atoms with Crippen LogP contribution in [-0.2, 0) is 6.54 Å². The van der Waals surface area contributed by atoms with E-state index in [9.17, 15) is 4.79 Å². The molecule has 0 saturated carbocycles. The lowest BCUT2D eigenvalue weighted by Gasteiger charge is -2.10. The first-order valence-electron chi connectivity index (χ1n) is 7.84. The number of aromatic amines is 1. The molecule has 0 aliphatic carbocycles. The second-order valence-corrected chi connectivity index (χ2v) is 7.06. The number of rotatable bonds is 4. The number of carbonyl (C=O) groups is 1. The number of benzene rings is 2. The number of aryl methyl sites for hydroxylation is 2. The lowest BCUT2D eigenvalue weighted by Crippen LogP contribution is -2.24. The number of hydrogen-bond acceptors (Lipinski definition) is 3. The van der Waals surface area contributed by atoms with Gasteiger partial charge >= 0.3 is 0 Å². The molecule has 8 heteroatoms. The van der Waals surface area contributed by atoms with E-state index < -0.39 is 0 Å². The predicted octanol–water partition coefficient (Wildman–Crippen LogP) is 4.78. The van der Waals surface area contributed by atoms with Crippen LogP contribution < -0.4 is 5.32 Å². The second-order valence-electron chi connectivity index (χ2n) is 5.86. The summed E-state index contributed by atoms with van der Waals surface area (Å²) in [4.78, 5) is 12.4. The van der Waals surface area contributed by atoms with Crippen molar-refractivity contribution in [2.24, 2.45) is 0 Å². The van der Waals surface area contributed by atoms with E-state index in [0.717, 1.165) is 11.1 Å². The fourth-order valence-electron chi connectivity index (χ4n) is 2.48. The Hall–Kier alpha value is -2.15. The van der Waals surface area contributed by atoms with E-state index >= 15 is 0 Å². The van der Waals surface area contributed by atoms with E-state index in [1.54, 1.807) is 28.8 Å². The largest absolute Gasteiger partial charge is 0.345 e. The van der Waals surface area contributed by atoms with Gasteiger partial charge in [-0.3, -0.25) is 14.5 Å². The zero-order valence-corrected chi connectivity index (χ0v) is 16.5. The van der Waals surface area contributed by atoms with Crippen molar-refractivity contribution in [3.8, 4) is 5.69 Å². The zero-order chi connectivity index (χ0) is 18.8. The number of amides is 1. The maximum Gasteiger partial charge on any atom is 0.251 e. The Labute approximate surface area is 166 Å². The van der Waals surface area contributed by atoms with Gasteiger partial charge in [0.05, 0.1) is 22.3 Å². The summed E-state index contributed by atoms with van der Waals surface area (Å²) >= 11 is 17.4. The van der Waals surface area contributed by atoms with Crippen LogP contribution in [0.2, 0.25) is 10.0 Å². The molecule has 1 aromatic heterocycles. The molecule has 134 valence electrons. The van der Waals surface area contributed by atoms with Crippen LogP contribution >= 0.6 is 35.4 Å². The van der Waals surface area contributed by atoms with Gasteiger partial charge in [0.15, 0.2) is 10.6 Å². The fourth-order valence-corrected chi connectivity index (χ4v) is 3.03. The molecule has 3 aromatic rings. The van der Waals surface area contributed by atoms with Crippen molar-refractivity contribution >= 4 is 41.3 Å². The smallest absolute Gasteiger partial charge is 0.251 e. The van der Waals surface area contributed by atoms with Crippen molar-refractivity contribution < 1.29 is 4.79 Å². The number of carbonyl (C=O) groups excluding carboxylic acids is 1. The van der Waals surface area contributed by atoms with Crippen LogP contribution in [0.25, 0.3) is 5.69 Å². The first-order chi connectivity index (χ1) is 12.4. The van der Waals surface area contributed by atoms with Gasteiger partial charge in [-0.05, 0) is 67.5 Å². The number of H-pyrrole nitrogens is 1. The van der Waals surface area contributed by atoms with Crippen LogP contribution in [0.4, 0.5) is 0 Å². The highest BCUT2D eigenvalue weighted by Crippen LogP contribution is 2.25. The van der Waals surface area contributed by atoms with Crippen molar-refractivity contribution in [2.75, 3.05) is 0 Å². The van der Waals surface area contributed by atoms with Gasteiger partial charge in [-0.1, -0.05) is 29.3 Å². The topological polar surface area (TPSA) is 62.7 Å². The Morgan fingerprint density at radius 2 is 1.92 bits per heavy atom. The van der Waals surface area contributed by atoms with Gasteiger partial charge in [-0.2, -0.15) is 5.10 Å². The number of aromatic nitrogens is 3. The summed E-state index contributed by atoms with van der Waals surface area (Å²) in [6, 6.07) is 10.8. The highest BCUT2D eigenvalue weighted by Gasteiger charge is 2.12. The fraction of sp³-hybridized carbons (Fsp3) is 0.167. The van der Waals surface area contributed by atoms with Gasteiger partial charge in [-0.25, -0.2) is 0 Å². The van der Waals surface area contributed by atoms with Crippen molar-refractivity contribution in [2.45, 2.75) is 20.4 Å². The van der Waals surface area contributed by atoms with Crippen LogP contribution in [-0.4, -0.2) is 20.7 Å². The SMILES string of the molecule is Cc1ccc(C(=O)NCc2n[nH]c(=S)n2-c2ccc(Cl)c(Cl)c2)cc1C. The summed E-state index contributed by atoms with van der Waals surface area (Å²) in [5.74, 6) is 0.383. The summed E-state index contributed by atoms with van der Waals surface area (Å²) < 4.78 is 2.11. The molecule has 26 heavy (non-hydrogen) atoms. The average molecular weight is 407 g/mol. The molecule has 0 aliphatic heterocycles. The Morgan fingerprint density at radius 1 is 1.15 bits per heavy atom. The number of nitrogens with one attached hydrogen (secondary N) is 2. The van der Waals surface area contributed by atoms with Crippen LogP contribution in [0.5, 0.6) is 0 Å². The Bertz CT molecular complexity index is 1040. The minimum absolute atomic E-state index is 0.178. The molecule has 5 nitrogen and oxygen atoms in total. The molecule has 0 unspecified atom stereocenters. The molecule has 3 rings (SSSR count). The number of hydrogen-bond donors (Lipinski definition) is 2. The highest BCUT2D eigenvalue weighted by molar-refractivity contribution is 7.71. The van der Waals surface area contributed by atoms with Crippen LogP contribution in [0, 0.1) is 18.6 Å². The lowest BCUT2D eigenvalue weighted by atomic mass is 10.1. The van der Waals surface area contributed by atoms with E-state index in [1.165, 1.54) is 0 Å². The standard InChI is InChI=1S/C18H16Cl2N4OS/c1-10-3-4-12(7-11(10)2)17(25)21-9-16-22-23-18(26)24(16)13-5-6-14(19)15(20)8-13/h3-8H,9H2,1-2H3,(H,21,25)(H,23,26). The summed E-state index contributed by atoms with van der Waals surface area (Å²) in [5, 5.41) is 10.7. The molecule has 0 bridgehead atoms. The average Bonchev–Trinajstić information content (AvgIpc) is 2.98. The van der Waals surface area contributed by atoms with E-state index in [0.29, 0.717) is 31.9 Å². The van der Waals surface area contributed by atoms with E-state index in [1.807, 2.05) is 26.0 Å². The quantitative estimate of drug-likeness (QED) is 0.612. The lowest BCUT2D eigenvalue weighted by molar-refractivity contribution is 0.0949. The van der Waals surface area contributed by atoms with Gasteiger partial charge in [0.1, 0.15) is 0 Å².